The van der Waals surface area contributed by atoms with Crippen LogP contribution in [0.25, 0.3) is 11.1 Å². The van der Waals surface area contributed by atoms with Crippen molar-refractivity contribution in [2.24, 2.45) is 0 Å². The summed E-state index contributed by atoms with van der Waals surface area (Å²) in [6, 6.07) is 21.2. The van der Waals surface area contributed by atoms with Gasteiger partial charge in [0.1, 0.15) is 13.6 Å². The molecule has 4 aromatic rings. The van der Waals surface area contributed by atoms with Crippen molar-refractivity contribution in [1.82, 2.24) is 20.1 Å². The van der Waals surface area contributed by atoms with Gasteiger partial charge in [0, 0.05) is 60.1 Å². The minimum Gasteiger partial charge on any atom is -0.493 e. The fourth-order valence-electron chi connectivity index (χ4n) is 4.49. The van der Waals surface area contributed by atoms with E-state index in [1.807, 2.05) is 85.7 Å². The lowest BCUT2D eigenvalue weighted by molar-refractivity contribution is -0.137. The fraction of sp³-hybridized carbons (Fsp3) is 0.267. The van der Waals surface area contributed by atoms with Gasteiger partial charge in [-0.25, -0.2) is 0 Å². The molecule has 2 N–H and O–H groups in total. The average Bonchev–Trinajstić information content (AvgIpc) is 3.51. The summed E-state index contributed by atoms with van der Waals surface area (Å²) < 4.78 is 6.11. The Bertz CT molecular complexity index is 1330. The first kappa shape index (κ1) is 27.6. The van der Waals surface area contributed by atoms with E-state index >= 15 is 0 Å². The molecule has 1 amide bonds. The molecule has 2 aromatic heterocycles. The molecule has 0 fully saturated rings. The lowest BCUT2D eigenvalue weighted by Crippen LogP contribution is -2.37. The number of amides is 1. The first-order valence-corrected chi connectivity index (χ1v) is 13.3. The maximum absolute atomic E-state index is 13.9. The minimum absolute atomic E-state index is 0.0688. The Balaban J connectivity index is 1.51. The number of hydrogen-bond acceptors (Lipinski definition) is 5. The monoisotopic (exact) mass is 524 g/mol. The maximum Gasteiger partial charge on any atom is 0.303 e. The Labute approximate surface area is 229 Å². The Morgan fingerprint density at radius 3 is 2.49 bits per heavy atom. The van der Waals surface area contributed by atoms with Gasteiger partial charge in [-0.15, -0.1) is 0 Å². The van der Waals surface area contributed by atoms with Gasteiger partial charge in [-0.1, -0.05) is 36.4 Å². The molecule has 0 radical (unpaired) electrons. The number of carbonyl (C=O) groups excluding carboxylic acids is 1. The molecule has 0 saturated carbocycles. The number of aliphatic carboxylic acids is 1. The third-order valence-electron chi connectivity index (χ3n) is 6.69. The third kappa shape index (κ3) is 7.80. The zero-order valence-electron chi connectivity index (χ0n) is 22.1. The number of para-hydroxylation sites is 1. The lowest BCUT2D eigenvalue weighted by atomic mass is 9.86. The van der Waals surface area contributed by atoms with Crippen LogP contribution in [-0.2, 0) is 11.2 Å². The smallest absolute Gasteiger partial charge is 0.303 e. The molecule has 0 aliphatic carbocycles. The fourth-order valence-corrected chi connectivity index (χ4v) is 4.49. The number of pyridine rings is 1. The van der Waals surface area contributed by atoms with Gasteiger partial charge in [0.2, 0.25) is 0 Å². The summed E-state index contributed by atoms with van der Waals surface area (Å²) in [6.07, 6.45) is 8.31. The molecule has 0 spiro atoms. The number of benzene rings is 2. The Kier molecular flexibility index (Phi) is 9.88. The quantitative estimate of drug-likeness (QED) is 0.186. The van der Waals surface area contributed by atoms with Gasteiger partial charge in [-0.2, -0.15) is 5.10 Å². The molecule has 0 saturated heterocycles. The number of ether oxygens (including phenoxy) is 1. The van der Waals surface area contributed by atoms with Crippen LogP contribution in [0.4, 0.5) is 0 Å². The first-order valence-electron chi connectivity index (χ1n) is 13.3. The number of aromatic nitrogens is 3. The highest BCUT2D eigenvalue weighted by molar-refractivity contribution is 6.14. The van der Waals surface area contributed by atoms with Crippen LogP contribution >= 0.6 is 0 Å². The van der Waals surface area contributed by atoms with Crippen molar-refractivity contribution >= 4 is 19.7 Å². The van der Waals surface area contributed by atoms with E-state index < -0.39 is 5.97 Å². The van der Waals surface area contributed by atoms with Crippen LogP contribution in [-0.4, -0.2) is 58.1 Å². The van der Waals surface area contributed by atoms with Crippen molar-refractivity contribution in [1.29, 1.82) is 0 Å². The normalized spacial score (nSPS) is 11.6. The predicted molar refractivity (Wildman–Crippen MR) is 152 cm³/mol. The molecular formula is C30H33BN4O4. The number of nitrogens with one attached hydrogen (secondary N) is 1. The van der Waals surface area contributed by atoms with E-state index in [0.717, 1.165) is 41.0 Å². The number of H-pyrrole nitrogens is 1. The maximum atomic E-state index is 13.9. The summed E-state index contributed by atoms with van der Waals surface area (Å²) >= 11 is 0. The second kappa shape index (κ2) is 14.0. The van der Waals surface area contributed by atoms with Gasteiger partial charge in [0.15, 0.2) is 0 Å². The second-order valence-corrected chi connectivity index (χ2v) is 9.40. The molecule has 200 valence electrons. The number of aromatic amines is 1. The molecule has 9 heteroatoms. The molecule has 0 aliphatic rings. The topological polar surface area (TPSA) is 108 Å². The SMILES string of the molecule is BC(c1ccccc1OCCCCCC(=O)O)N(CCc1ccccn1)C(=O)c1ccc(-c2cn[nH]c2)cc1. The zero-order chi connectivity index (χ0) is 27.5. The van der Waals surface area contributed by atoms with E-state index in [2.05, 4.69) is 15.2 Å². The molecule has 0 aliphatic heterocycles. The molecule has 4 rings (SSSR count). The summed E-state index contributed by atoms with van der Waals surface area (Å²) in [5, 5.41) is 15.6. The second-order valence-electron chi connectivity index (χ2n) is 9.40. The van der Waals surface area contributed by atoms with Crippen molar-refractivity contribution in [3.63, 3.8) is 0 Å². The average molecular weight is 524 g/mol. The van der Waals surface area contributed by atoms with E-state index in [-0.39, 0.29) is 18.3 Å². The van der Waals surface area contributed by atoms with Gasteiger partial charge in [0.25, 0.3) is 5.91 Å². The number of carboxylic acid groups (broad SMARTS) is 1. The van der Waals surface area contributed by atoms with Crippen LogP contribution in [0.5, 0.6) is 5.75 Å². The number of carboxylic acids is 1. The van der Waals surface area contributed by atoms with Crippen molar-refractivity contribution in [2.45, 2.75) is 38.0 Å². The highest BCUT2D eigenvalue weighted by Crippen LogP contribution is 2.29. The Morgan fingerprint density at radius 1 is 0.974 bits per heavy atom. The molecule has 39 heavy (non-hydrogen) atoms. The molecule has 2 aromatic carbocycles. The zero-order valence-corrected chi connectivity index (χ0v) is 22.1. The van der Waals surface area contributed by atoms with Gasteiger partial charge in [-0.05, 0) is 55.2 Å². The van der Waals surface area contributed by atoms with Gasteiger partial charge in [-0.3, -0.25) is 19.7 Å². The summed E-state index contributed by atoms with van der Waals surface area (Å²) in [6.45, 7) is 0.977. The van der Waals surface area contributed by atoms with Gasteiger partial charge < -0.3 is 14.7 Å². The standard InChI is InChI=1S/C30H33BN4O4/c31-29(26-9-3-4-10-27(26)39-19-7-1-2-11-28(36)37)35(18-16-25-8-5-6-17-32-25)30(38)23-14-12-22(13-15-23)24-20-33-34-21-24/h3-6,8-10,12-15,17,20-21,29H,1-2,7,11,16,18-19,31H2,(H,33,34)(H,36,37). The molecule has 2 heterocycles. The number of nitrogens with zero attached hydrogens (tertiary/aromatic N) is 3. The van der Waals surface area contributed by atoms with Crippen molar-refractivity contribution < 1.29 is 19.4 Å². The predicted octanol–water partition coefficient (Wildman–Crippen LogP) is 4.51. The largest absolute Gasteiger partial charge is 0.493 e. The van der Waals surface area contributed by atoms with Crippen LogP contribution in [0.2, 0.25) is 0 Å². The lowest BCUT2D eigenvalue weighted by Gasteiger charge is -2.31. The number of carbonyl (C=O) groups is 2. The molecule has 0 bridgehead atoms. The van der Waals surface area contributed by atoms with Crippen LogP contribution in [0, 0.1) is 0 Å². The number of hydrogen-bond donors (Lipinski definition) is 2. The Morgan fingerprint density at radius 2 is 1.77 bits per heavy atom. The van der Waals surface area contributed by atoms with Crippen LogP contribution in [0.15, 0.2) is 85.3 Å². The first-order chi connectivity index (χ1) is 19.0. The van der Waals surface area contributed by atoms with E-state index in [0.29, 0.717) is 31.6 Å². The third-order valence-corrected chi connectivity index (χ3v) is 6.69. The van der Waals surface area contributed by atoms with E-state index in [9.17, 15) is 9.59 Å². The van der Waals surface area contributed by atoms with Crippen LogP contribution in [0.3, 0.4) is 0 Å². The van der Waals surface area contributed by atoms with Gasteiger partial charge >= 0.3 is 5.97 Å². The molecular weight excluding hydrogens is 491 g/mol. The van der Waals surface area contributed by atoms with Crippen molar-refractivity contribution in [2.75, 3.05) is 13.2 Å². The highest BCUT2D eigenvalue weighted by atomic mass is 16.5. The van der Waals surface area contributed by atoms with Crippen molar-refractivity contribution in [3.8, 4) is 16.9 Å². The number of rotatable bonds is 14. The summed E-state index contributed by atoms with van der Waals surface area (Å²) in [5.74, 6) is -0.366. The van der Waals surface area contributed by atoms with E-state index in [1.165, 1.54) is 0 Å². The van der Waals surface area contributed by atoms with Gasteiger partial charge in [0.05, 0.1) is 12.8 Å². The van der Waals surface area contributed by atoms with E-state index in [4.69, 9.17) is 9.84 Å². The minimum atomic E-state index is -0.776. The molecule has 1 unspecified atom stereocenters. The molecule has 8 nitrogen and oxygen atoms in total. The van der Waals surface area contributed by atoms with Crippen molar-refractivity contribution in [3.05, 3.63) is 102 Å². The molecule has 1 atom stereocenters. The Hall–Kier alpha value is -4.40. The van der Waals surface area contributed by atoms with Crippen LogP contribution in [0.1, 0.15) is 53.2 Å². The summed E-state index contributed by atoms with van der Waals surface area (Å²) in [4.78, 5) is 30.9. The number of unbranched alkanes of at least 4 members (excludes halogenated alkanes) is 2. The summed E-state index contributed by atoms with van der Waals surface area (Å²) in [5.41, 5.74) is 4.39. The van der Waals surface area contributed by atoms with Crippen LogP contribution < -0.4 is 4.74 Å². The van der Waals surface area contributed by atoms with E-state index in [1.54, 1.807) is 12.4 Å². The summed E-state index contributed by atoms with van der Waals surface area (Å²) in [7, 11) is 2.02. The highest BCUT2D eigenvalue weighted by Gasteiger charge is 2.25.